The summed E-state index contributed by atoms with van der Waals surface area (Å²) in [7, 11) is 0. The smallest absolute Gasteiger partial charge is 0.321 e. The van der Waals surface area contributed by atoms with Crippen molar-refractivity contribution in [3.63, 3.8) is 0 Å². The fourth-order valence-electron chi connectivity index (χ4n) is 2.53. The Balaban J connectivity index is 1.70. The van der Waals surface area contributed by atoms with Gasteiger partial charge in [-0.3, -0.25) is 9.69 Å². The second-order valence-electron chi connectivity index (χ2n) is 4.74. The molecule has 4 nitrogen and oxygen atoms in total. The predicted molar refractivity (Wildman–Crippen MR) is 68.5 cm³/mol. The van der Waals surface area contributed by atoms with E-state index < -0.39 is 5.97 Å². The highest BCUT2D eigenvalue weighted by Crippen LogP contribution is 2.20. The van der Waals surface area contributed by atoms with Crippen LogP contribution in [0.25, 0.3) is 0 Å². The van der Waals surface area contributed by atoms with Gasteiger partial charge in [-0.25, -0.2) is 0 Å². The Hall–Kier alpha value is -0.260. The number of hydrogen-bond acceptors (Lipinski definition) is 4. The number of aliphatic carboxylic acids is 1. The average Bonchev–Trinajstić information content (AvgIpc) is 2.82. The average molecular weight is 259 g/mol. The Kier molecular flexibility index (Phi) is 5.13. The highest BCUT2D eigenvalue weighted by molar-refractivity contribution is 7.99. The van der Waals surface area contributed by atoms with Crippen LogP contribution in [0.4, 0.5) is 0 Å². The Labute approximate surface area is 107 Å². The van der Waals surface area contributed by atoms with Gasteiger partial charge < -0.3 is 9.84 Å². The summed E-state index contributed by atoms with van der Waals surface area (Å²) in [4.78, 5) is 13.2. The van der Waals surface area contributed by atoms with Gasteiger partial charge in [0.1, 0.15) is 6.04 Å². The van der Waals surface area contributed by atoms with Crippen LogP contribution in [0.1, 0.15) is 25.7 Å². The van der Waals surface area contributed by atoms with Gasteiger partial charge in [-0.2, -0.15) is 11.8 Å². The van der Waals surface area contributed by atoms with Crippen molar-refractivity contribution in [2.24, 2.45) is 0 Å². The lowest BCUT2D eigenvalue weighted by molar-refractivity contribution is -0.142. The maximum atomic E-state index is 11.1. The molecule has 0 saturated carbocycles. The van der Waals surface area contributed by atoms with Gasteiger partial charge in [-0.1, -0.05) is 0 Å². The largest absolute Gasteiger partial charge is 0.480 e. The summed E-state index contributed by atoms with van der Waals surface area (Å²) >= 11 is 1.75. The molecule has 0 aromatic carbocycles. The molecule has 0 amide bonds. The van der Waals surface area contributed by atoms with Crippen LogP contribution in [0, 0.1) is 0 Å². The molecule has 2 fully saturated rings. The molecule has 0 radical (unpaired) electrons. The zero-order chi connectivity index (χ0) is 12.1. The van der Waals surface area contributed by atoms with Crippen molar-refractivity contribution in [3.8, 4) is 0 Å². The van der Waals surface area contributed by atoms with Crippen molar-refractivity contribution in [1.82, 2.24) is 4.90 Å². The van der Waals surface area contributed by atoms with Crippen molar-refractivity contribution < 1.29 is 14.6 Å². The molecule has 1 N–H and O–H groups in total. The number of carboxylic acids is 1. The minimum Gasteiger partial charge on any atom is -0.480 e. The highest BCUT2D eigenvalue weighted by atomic mass is 32.2. The van der Waals surface area contributed by atoms with E-state index in [-0.39, 0.29) is 6.04 Å². The SMILES string of the molecule is O=C(O)C1CSCCN1CCCC1CCCO1. The summed E-state index contributed by atoms with van der Waals surface area (Å²) < 4.78 is 5.58. The Morgan fingerprint density at radius 1 is 1.53 bits per heavy atom. The number of thioether (sulfide) groups is 1. The molecule has 0 aromatic rings. The molecule has 2 rings (SSSR count). The lowest BCUT2D eigenvalue weighted by Crippen LogP contribution is -2.47. The number of hydrogen-bond donors (Lipinski definition) is 1. The van der Waals surface area contributed by atoms with E-state index in [4.69, 9.17) is 9.84 Å². The van der Waals surface area contributed by atoms with Crippen molar-refractivity contribution in [1.29, 1.82) is 0 Å². The number of carboxylic acid groups (broad SMARTS) is 1. The van der Waals surface area contributed by atoms with Gasteiger partial charge >= 0.3 is 5.97 Å². The van der Waals surface area contributed by atoms with Crippen molar-refractivity contribution in [3.05, 3.63) is 0 Å². The lowest BCUT2D eigenvalue weighted by Gasteiger charge is -2.32. The van der Waals surface area contributed by atoms with Gasteiger partial charge in [0, 0.05) is 24.7 Å². The first-order chi connectivity index (χ1) is 8.27. The van der Waals surface area contributed by atoms with E-state index in [0.29, 0.717) is 6.10 Å². The van der Waals surface area contributed by atoms with Crippen LogP contribution in [0.5, 0.6) is 0 Å². The number of nitrogens with zero attached hydrogens (tertiary/aromatic N) is 1. The van der Waals surface area contributed by atoms with Gasteiger partial charge in [-0.05, 0) is 32.2 Å². The summed E-state index contributed by atoms with van der Waals surface area (Å²) in [6, 6.07) is -0.279. The molecule has 2 atom stereocenters. The lowest BCUT2D eigenvalue weighted by atomic mass is 10.1. The van der Waals surface area contributed by atoms with Crippen LogP contribution >= 0.6 is 11.8 Å². The second kappa shape index (κ2) is 6.61. The highest BCUT2D eigenvalue weighted by Gasteiger charge is 2.28. The summed E-state index contributed by atoms with van der Waals surface area (Å²) in [5.74, 6) is 1.12. The van der Waals surface area contributed by atoms with E-state index in [0.717, 1.165) is 44.0 Å². The van der Waals surface area contributed by atoms with E-state index in [1.165, 1.54) is 12.8 Å². The zero-order valence-corrected chi connectivity index (χ0v) is 11.0. The predicted octanol–water partition coefficient (Wildman–Crippen LogP) is 1.45. The minimum atomic E-state index is -0.672. The Morgan fingerprint density at radius 3 is 3.12 bits per heavy atom. The van der Waals surface area contributed by atoms with E-state index in [1.54, 1.807) is 11.8 Å². The monoisotopic (exact) mass is 259 g/mol. The number of carbonyl (C=O) groups is 1. The van der Waals surface area contributed by atoms with E-state index in [2.05, 4.69) is 4.90 Å². The molecule has 2 unspecified atom stereocenters. The molecule has 98 valence electrons. The summed E-state index contributed by atoms with van der Waals surface area (Å²) in [6.45, 7) is 2.72. The molecule has 0 bridgehead atoms. The van der Waals surface area contributed by atoms with Gasteiger partial charge in [0.25, 0.3) is 0 Å². The van der Waals surface area contributed by atoms with Crippen LogP contribution in [-0.4, -0.2) is 59.3 Å². The quantitative estimate of drug-likeness (QED) is 0.810. The first-order valence-corrected chi connectivity index (χ1v) is 7.59. The van der Waals surface area contributed by atoms with Crippen molar-refractivity contribution in [2.45, 2.75) is 37.8 Å². The topological polar surface area (TPSA) is 49.8 Å². The summed E-state index contributed by atoms with van der Waals surface area (Å²) in [5.41, 5.74) is 0. The molecular formula is C12H21NO3S. The van der Waals surface area contributed by atoms with Crippen LogP contribution in [0.15, 0.2) is 0 Å². The first-order valence-electron chi connectivity index (χ1n) is 6.43. The van der Waals surface area contributed by atoms with E-state index >= 15 is 0 Å². The van der Waals surface area contributed by atoms with Gasteiger partial charge in [0.15, 0.2) is 0 Å². The third-order valence-electron chi connectivity index (χ3n) is 3.52. The third-order valence-corrected chi connectivity index (χ3v) is 4.54. The van der Waals surface area contributed by atoms with Crippen molar-refractivity contribution >= 4 is 17.7 Å². The molecule has 0 spiro atoms. The fraction of sp³-hybridized carbons (Fsp3) is 0.917. The molecular weight excluding hydrogens is 238 g/mol. The number of ether oxygens (including phenoxy) is 1. The van der Waals surface area contributed by atoms with Crippen LogP contribution in [0.3, 0.4) is 0 Å². The van der Waals surface area contributed by atoms with E-state index in [9.17, 15) is 4.79 Å². The molecule has 0 aromatic heterocycles. The van der Waals surface area contributed by atoms with Crippen molar-refractivity contribution in [2.75, 3.05) is 31.2 Å². The van der Waals surface area contributed by atoms with Gasteiger partial charge in [0.2, 0.25) is 0 Å². The van der Waals surface area contributed by atoms with Crippen LogP contribution < -0.4 is 0 Å². The van der Waals surface area contributed by atoms with Gasteiger partial charge in [0.05, 0.1) is 6.10 Å². The zero-order valence-electron chi connectivity index (χ0n) is 10.1. The molecule has 2 heterocycles. The molecule has 0 aliphatic carbocycles. The van der Waals surface area contributed by atoms with E-state index in [1.807, 2.05) is 0 Å². The molecule has 5 heteroatoms. The molecule has 2 saturated heterocycles. The summed E-state index contributed by atoms with van der Waals surface area (Å²) in [5, 5.41) is 9.14. The Bertz CT molecular complexity index is 256. The molecule has 2 aliphatic rings. The van der Waals surface area contributed by atoms with Gasteiger partial charge in [-0.15, -0.1) is 0 Å². The third kappa shape index (κ3) is 3.86. The molecule has 2 aliphatic heterocycles. The fourth-order valence-corrected chi connectivity index (χ4v) is 3.63. The standard InChI is InChI=1S/C12H21NO3S/c14-12(15)11-9-17-8-6-13(11)5-1-3-10-4-2-7-16-10/h10-11H,1-9H2,(H,14,15). The van der Waals surface area contributed by atoms with Crippen LogP contribution in [0.2, 0.25) is 0 Å². The Morgan fingerprint density at radius 2 is 2.41 bits per heavy atom. The minimum absolute atomic E-state index is 0.279. The normalized spacial score (nSPS) is 30.6. The summed E-state index contributed by atoms with van der Waals surface area (Å²) in [6.07, 6.45) is 4.92. The maximum absolute atomic E-state index is 11.1. The van der Waals surface area contributed by atoms with Crippen LogP contribution in [-0.2, 0) is 9.53 Å². The molecule has 17 heavy (non-hydrogen) atoms. The number of rotatable bonds is 5. The first kappa shape index (κ1) is 13.2. The second-order valence-corrected chi connectivity index (χ2v) is 5.89. The maximum Gasteiger partial charge on any atom is 0.321 e.